The molecule has 0 aromatic rings. The number of unbranched alkanes of at least 4 members (excludes halogenated alkanes) is 2. The van der Waals surface area contributed by atoms with E-state index in [0.717, 1.165) is 42.8 Å². The van der Waals surface area contributed by atoms with Gasteiger partial charge < -0.3 is 9.80 Å². The lowest BCUT2D eigenvalue weighted by Gasteiger charge is -2.27. The molecule has 0 aromatic carbocycles. The summed E-state index contributed by atoms with van der Waals surface area (Å²) in [5.74, 6) is -0.881. The molecule has 31 heavy (non-hydrogen) atoms. The van der Waals surface area contributed by atoms with Gasteiger partial charge in [0.2, 0.25) is 21.8 Å². The number of carbonyl (C=O) groups is 2. The molecule has 0 aromatic heterocycles. The quantitative estimate of drug-likeness (QED) is 0.484. The first-order chi connectivity index (χ1) is 14.3. The van der Waals surface area contributed by atoms with Crippen molar-refractivity contribution in [1.82, 2.24) is 14.1 Å². The number of allylic oxidation sites excluding steroid dienone is 4. The van der Waals surface area contributed by atoms with Crippen molar-refractivity contribution in [1.29, 1.82) is 0 Å². The fourth-order valence-corrected chi connectivity index (χ4v) is 5.40. The molecule has 0 saturated carbocycles. The van der Waals surface area contributed by atoms with Gasteiger partial charge in [0.15, 0.2) is 0 Å². The Kier molecular flexibility index (Phi) is 8.94. The summed E-state index contributed by atoms with van der Waals surface area (Å²) in [5, 5.41) is 0. The Balaban J connectivity index is 0.00000341. The third kappa shape index (κ3) is 5.80. The second kappa shape index (κ2) is 11.0. The van der Waals surface area contributed by atoms with Crippen LogP contribution in [-0.2, 0) is 19.6 Å². The average Bonchev–Trinajstić information content (AvgIpc) is 3.08. The van der Waals surface area contributed by atoms with E-state index in [-0.39, 0.29) is 18.3 Å². The molecular weight excluding hydrogens is 438 g/mol. The highest BCUT2D eigenvalue weighted by Crippen LogP contribution is 2.40. The summed E-state index contributed by atoms with van der Waals surface area (Å²) in [6.45, 7) is 3.23. The molecule has 3 aliphatic rings. The van der Waals surface area contributed by atoms with Crippen molar-refractivity contribution >= 4 is 34.2 Å². The van der Waals surface area contributed by atoms with Crippen molar-refractivity contribution in [2.24, 2.45) is 5.92 Å². The van der Waals surface area contributed by atoms with Gasteiger partial charge >= 0.3 is 0 Å². The Bertz CT molecular complexity index is 878. The Hall–Kier alpha value is -2.06. The van der Waals surface area contributed by atoms with Crippen LogP contribution in [-0.4, -0.2) is 59.7 Å². The molecular formula is C22H32ClN3O4S. The van der Waals surface area contributed by atoms with E-state index in [0.29, 0.717) is 25.1 Å². The number of hydrogen-bond donors (Lipinski definition) is 0. The summed E-state index contributed by atoms with van der Waals surface area (Å²) < 4.78 is 25.2. The molecule has 0 bridgehead atoms. The van der Waals surface area contributed by atoms with Crippen LogP contribution in [0.2, 0.25) is 0 Å². The third-order valence-electron chi connectivity index (χ3n) is 5.72. The minimum Gasteiger partial charge on any atom is -0.354 e. The van der Waals surface area contributed by atoms with Crippen molar-refractivity contribution in [3.05, 3.63) is 48.5 Å². The van der Waals surface area contributed by atoms with E-state index in [9.17, 15) is 18.0 Å². The van der Waals surface area contributed by atoms with E-state index in [1.54, 1.807) is 11.0 Å². The standard InChI is InChI=1S/C22H31N3O4S.ClH/c1-3-11-18-21-19(25(22(18)27)30(2,28)29)13-17-24(21)20(26)12-7-6-10-16-23-14-8-4-5-9-15-23;/h4-5,8-9,13-15,18,21H,3,6-7,10-12,16-17H2,1-2H3;1H/t18-,21-;/m1./s1. The molecule has 0 aliphatic carbocycles. The van der Waals surface area contributed by atoms with E-state index in [4.69, 9.17) is 0 Å². The monoisotopic (exact) mass is 469 g/mol. The van der Waals surface area contributed by atoms with Gasteiger partial charge in [0.05, 0.1) is 23.9 Å². The fraction of sp³-hybridized carbons (Fsp3) is 0.545. The van der Waals surface area contributed by atoms with Crippen LogP contribution >= 0.6 is 12.4 Å². The molecule has 0 unspecified atom stereocenters. The van der Waals surface area contributed by atoms with Crippen molar-refractivity contribution in [2.45, 2.75) is 51.5 Å². The highest BCUT2D eigenvalue weighted by atomic mass is 35.5. The van der Waals surface area contributed by atoms with E-state index in [1.807, 2.05) is 43.6 Å². The topological polar surface area (TPSA) is 78.0 Å². The maximum Gasteiger partial charge on any atom is 0.246 e. The van der Waals surface area contributed by atoms with Crippen LogP contribution in [0.25, 0.3) is 0 Å². The lowest BCUT2D eigenvalue weighted by Crippen LogP contribution is -2.41. The van der Waals surface area contributed by atoms with Gasteiger partial charge in [0.25, 0.3) is 0 Å². The van der Waals surface area contributed by atoms with Gasteiger partial charge in [0, 0.05) is 31.9 Å². The maximum atomic E-state index is 12.9. The number of hydrogen-bond acceptors (Lipinski definition) is 5. The molecule has 9 heteroatoms. The maximum absolute atomic E-state index is 12.9. The molecule has 0 N–H and O–H groups in total. The summed E-state index contributed by atoms with van der Waals surface area (Å²) in [5.41, 5.74) is 0.461. The van der Waals surface area contributed by atoms with Crippen LogP contribution in [0.1, 0.15) is 45.4 Å². The molecule has 1 fully saturated rings. The van der Waals surface area contributed by atoms with Crippen LogP contribution in [0, 0.1) is 5.92 Å². The first-order valence-electron chi connectivity index (χ1n) is 10.7. The molecule has 172 valence electrons. The Morgan fingerprint density at radius 3 is 2.39 bits per heavy atom. The van der Waals surface area contributed by atoms with E-state index < -0.39 is 27.9 Å². The number of halogens is 1. The molecule has 7 nitrogen and oxygen atoms in total. The minimum absolute atomic E-state index is 0. The zero-order valence-electron chi connectivity index (χ0n) is 18.1. The van der Waals surface area contributed by atoms with Gasteiger partial charge in [-0.1, -0.05) is 31.9 Å². The molecule has 0 spiro atoms. The van der Waals surface area contributed by atoms with Gasteiger partial charge in [-0.3, -0.25) is 9.59 Å². The van der Waals surface area contributed by atoms with Crippen LogP contribution < -0.4 is 0 Å². The Morgan fingerprint density at radius 1 is 1.10 bits per heavy atom. The SMILES string of the molecule is CCC[C@H]1C(=O)N(S(C)(=O)=O)C2=CCN(C(=O)CCCCCN3C=CC=CC=C3)[C@@H]21.Cl. The van der Waals surface area contributed by atoms with Gasteiger partial charge in [-0.25, -0.2) is 12.7 Å². The predicted octanol–water partition coefficient (Wildman–Crippen LogP) is 3.18. The van der Waals surface area contributed by atoms with E-state index >= 15 is 0 Å². The first kappa shape index (κ1) is 25.2. The number of sulfonamides is 1. The van der Waals surface area contributed by atoms with Crippen LogP contribution in [0.3, 0.4) is 0 Å². The summed E-state index contributed by atoms with van der Waals surface area (Å²) in [6.07, 6.45) is 19.2. The zero-order chi connectivity index (χ0) is 21.7. The predicted molar refractivity (Wildman–Crippen MR) is 124 cm³/mol. The molecule has 2 amide bonds. The van der Waals surface area contributed by atoms with Gasteiger partial charge in [-0.15, -0.1) is 12.4 Å². The fourth-order valence-electron chi connectivity index (χ4n) is 4.37. The first-order valence-corrected chi connectivity index (χ1v) is 12.5. The normalized spacial score (nSPS) is 22.5. The minimum atomic E-state index is -3.69. The van der Waals surface area contributed by atoms with Crippen molar-refractivity contribution < 1.29 is 18.0 Å². The van der Waals surface area contributed by atoms with Crippen LogP contribution in [0.5, 0.6) is 0 Å². The lowest BCUT2D eigenvalue weighted by atomic mass is 9.96. The smallest absolute Gasteiger partial charge is 0.246 e. The van der Waals surface area contributed by atoms with Gasteiger partial charge in [0.1, 0.15) is 0 Å². The molecule has 3 rings (SSSR count). The summed E-state index contributed by atoms with van der Waals surface area (Å²) >= 11 is 0. The number of fused-ring (bicyclic) bond motifs is 1. The third-order valence-corrected chi connectivity index (χ3v) is 6.77. The molecule has 2 atom stereocenters. The number of carbonyl (C=O) groups excluding carboxylic acids is 2. The lowest BCUT2D eigenvalue weighted by molar-refractivity contribution is -0.133. The second-order valence-corrected chi connectivity index (χ2v) is 9.83. The van der Waals surface area contributed by atoms with Crippen molar-refractivity contribution in [3.63, 3.8) is 0 Å². The average molecular weight is 470 g/mol. The van der Waals surface area contributed by atoms with E-state index in [2.05, 4.69) is 4.90 Å². The zero-order valence-corrected chi connectivity index (χ0v) is 19.8. The Morgan fingerprint density at radius 2 is 1.77 bits per heavy atom. The second-order valence-electron chi connectivity index (χ2n) is 8.00. The molecule has 0 radical (unpaired) electrons. The largest absolute Gasteiger partial charge is 0.354 e. The van der Waals surface area contributed by atoms with Gasteiger partial charge in [-0.2, -0.15) is 0 Å². The van der Waals surface area contributed by atoms with E-state index in [1.165, 1.54) is 0 Å². The van der Waals surface area contributed by atoms with Crippen LogP contribution in [0.4, 0.5) is 0 Å². The van der Waals surface area contributed by atoms with Gasteiger partial charge in [-0.05, 0) is 37.5 Å². The molecule has 1 saturated heterocycles. The highest BCUT2D eigenvalue weighted by molar-refractivity contribution is 7.89. The van der Waals surface area contributed by atoms with Crippen molar-refractivity contribution in [3.8, 4) is 0 Å². The van der Waals surface area contributed by atoms with Crippen LogP contribution in [0.15, 0.2) is 48.5 Å². The molecule has 3 aliphatic heterocycles. The number of amides is 2. The summed E-state index contributed by atoms with van der Waals surface area (Å²) in [6, 6.07) is -0.445. The summed E-state index contributed by atoms with van der Waals surface area (Å²) in [7, 11) is -3.69. The summed E-state index contributed by atoms with van der Waals surface area (Å²) in [4.78, 5) is 29.5. The molecule has 3 heterocycles. The number of rotatable bonds is 9. The van der Waals surface area contributed by atoms with Crippen molar-refractivity contribution in [2.75, 3.05) is 19.3 Å². The highest BCUT2D eigenvalue weighted by Gasteiger charge is 2.53. The Labute approximate surface area is 191 Å². The number of nitrogens with zero attached hydrogens (tertiary/aromatic N) is 3.